The minimum atomic E-state index is -4.67. The number of benzene rings is 2. The van der Waals surface area contributed by atoms with Gasteiger partial charge in [-0.25, -0.2) is 0 Å². The van der Waals surface area contributed by atoms with E-state index in [-0.39, 0.29) is 23.0 Å². The number of halogens is 3. The number of nitro benzene ring substituents is 1. The summed E-state index contributed by atoms with van der Waals surface area (Å²) >= 11 is 12.1. The molecule has 17 heteroatoms. The smallest absolute Gasteiger partial charge is 0.328 e. The fourth-order valence-electron chi connectivity index (χ4n) is 3.60. The van der Waals surface area contributed by atoms with Gasteiger partial charge in [-0.1, -0.05) is 41.4 Å². The Bertz CT molecular complexity index is 1100. The van der Waals surface area contributed by atoms with Crippen LogP contribution in [0.1, 0.15) is 35.8 Å². The lowest BCUT2D eigenvalue weighted by atomic mass is 9.98. The van der Waals surface area contributed by atoms with Crippen LogP contribution in [0, 0.1) is 20.2 Å². The minimum Gasteiger partial charge on any atom is -0.328 e. The van der Waals surface area contributed by atoms with Gasteiger partial charge in [0.25, 0.3) is 10.8 Å². The summed E-state index contributed by atoms with van der Waals surface area (Å²) in [6, 6.07) is 12.8. The number of nitrogens with one attached hydrogen (secondary N) is 2. The zero-order valence-corrected chi connectivity index (χ0v) is 22.3. The van der Waals surface area contributed by atoms with E-state index in [1.54, 1.807) is 12.1 Å². The Morgan fingerprint density at radius 2 is 1.30 bits per heavy atom. The predicted molar refractivity (Wildman–Crippen MR) is 140 cm³/mol. The summed E-state index contributed by atoms with van der Waals surface area (Å²) in [7, 11) is -4.67. The van der Waals surface area contributed by atoms with Gasteiger partial charge in [0.05, 0.1) is 4.92 Å². The van der Waals surface area contributed by atoms with E-state index >= 15 is 0 Å². The van der Waals surface area contributed by atoms with Gasteiger partial charge in [-0.05, 0) is 61.0 Å². The minimum absolute atomic E-state index is 0. The molecule has 0 aromatic heterocycles. The summed E-state index contributed by atoms with van der Waals surface area (Å²) in [4.78, 5) is 18.6. The van der Waals surface area contributed by atoms with Crippen LogP contribution in [0.3, 0.4) is 0 Å². The van der Waals surface area contributed by atoms with Crippen molar-refractivity contribution in [3.05, 3.63) is 83.9 Å². The summed E-state index contributed by atoms with van der Waals surface area (Å²) < 4.78 is 31.6. The van der Waals surface area contributed by atoms with E-state index in [0.717, 1.165) is 43.2 Å². The summed E-state index contributed by atoms with van der Waals surface area (Å²) in [6.07, 6.45) is 2.20. The van der Waals surface area contributed by atoms with Crippen LogP contribution in [0.2, 0.25) is 10.0 Å². The quantitative estimate of drug-likeness (QED) is 0.191. The van der Waals surface area contributed by atoms with Crippen molar-refractivity contribution in [2.24, 2.45) is 0 Å². The van der Waals surface area contributed by atoms with E-state index in [9.17, 15) is 10.1 Å². The van der Waals surface area contributed by atoms with E-state index in [0.29, 0.717) is 16.9 Å². The number of non-ortho nitro benzene ring substituents is 1. The molecule has 0 amide bonds. The van der Waals surface area contributed by atoms with Crippen LogP contribution in [0.5, 0.6) is 0 Å². The second-order valence-electron chi connectivity index (χ2n) is 7.55. The van der Waals surface area contributed by atoms with Crippen molar-refractivity contribution in [3.63, 3.8) is 0 Å². The first-order valence-corrected chi connectivity index (χ1v) is 12.6. The van der Waals surface area contributed by atoms with E-state index in [1.807, 2.05) is 12.1 Å². The highest BCUT2D eigenvalue weighted by Crippen LogP contribution is 2.32. The second-order valence-corrected chi connectivity index (χ2v) is 9.26. The molecular weight excluding hydrogens is 579 g/mol. The van der Waals surface area contributed by atoms with Crippen molar-refractivity contribution < 1.29 is 32.7 Å². The Kier molecular flexibility index (Phi) is 16.2. The van der Waals surface area contributed by atoms with Crippen molar-refractivity contribution in [2.75, 3.05) is 26.2 Å². The van der Waals surface area contributed by atoms with Crippen LogP contribution >= 0.6 is 35.6 Å². The Morgan fingerprint density at radius 1 is 0.865 bits per heavy atom. The largest absolute Gasteiger partial charge is 0.394 e. The summed E-state index contributed by atoms with van der Waals surface area (Å²) in [5.41, 5.74) is 2.29. The molecular formula is C20H27Cl3N4O9S. The van der Waals surface area contributed by atoms with Crippen LogP contribution < -0.4 is 10.6 Å². The topological polar surface area (TPSA) is 205 Å². The van der Waals surface area contributed by atoms with Gasteiger partial charge in [-0.15, -0.1) is 22.5 Å². The third kappa shape index (κ3) is 14.9. The molecule has 2 aliphatic rings. The Hall–Kier alpha value is -2.30. The van der Waals surface area contributed by atoms with Crippen molar-refractivity contribution in [3.8, 4) is 0 Å². The van der Waals surface area contributed by atoms with E-state index < -0.39 is 15.5 Å². The first kappa shape index (κ1) is 34.7. The Balaban J connectivity index is 0.000000527. The lowest BCUT2D eigenvalue weighted by Gasteiger charge is -2.10. The van der Waals surface area contributed by atoms with Crippen molar-refractivity contribution >= 4 is 51.7 Å². The molecule has 0 spiro atoms. The normalized spacial score (nSPS) is 17.9. The molecule has 2 heterocycles. The molecule has 2 atom stereocenters. The molecule has 2 aromatic carbocycles. The van der Waals surface area contributed by atoms with Crippen molar-refractivity contribution in [2.45, 2.75) is 24.7 Å². The molecule has 2 saturated heterocycles. The van der Waals surface area contributed by atoms with Gasteiger partial charge in [0.2, 0.25) is 0 Å². The Morgan fingerprint density at radius 3 is 1.70 bits per heavy atom. The van der Waals surface area contributed by atoms with Gasteiger partial charge in [0, 0.05) is 35.3 Å². The average Bonchev–Trinajstić information content (AvgIpc) is 3.48. The van der Waals surface area contributed by atoms with Crippen LogP contribution in [0.15, 0.2) is 42.5 Å². The maximum absolute atomic E-state index is 10.6. The number of hydrogen-bond acceptors (Lipinski definition) is 8. The predicted octanol–water partition coefficient (Wildman–Crippen LogP) is 4.16. The van der Waals surface area contributed by atoms with Gasteiger partial charge < -0.3 is 15.8 Å². The molecule has 37 heavy (non-hydrogen) atoms. The molecule has 2 aliphatic heterocycles. The van der Waals surface area contributed by atoms with Crippen LogP contribution in [0.4, 0.5) is 5.69 Å². The van der Waals surface area contributed by atoms with E-state index in [1.165, 1.54) is 18.1 Å². The van der Waals surface area contributed by atoms with Crippen molar-refractivity contribution in [1.82, 2.24) is 10.6 Å². The molecule has 0 radical (unpaired) electrons. The summed E-state index contributed by atoms with van der Waals surface area (Å²) in [5, 5.41) is 32.4. The highest BCUT2D eigenvalue weighted by Gasteiger charge is 2.21. The van der Waals surface area contributed by atoms with Gasteiger partial charge in [0.15, 0.2) is 0 Å². The third-order valence-electron chi connectivity index (χ3n) is 5.10. The maximum atomic E-state index is 10.6. The van der Waals surface area contributed by atoms with Crippen LogP contribution in [-0.2, 0) is 10.4 Å². The molecule has 5 N–H and O–H groups in total. The standard InChI is InChI=1S/C10H11ClN2O2.C10H12ClN.ClH.HNO3.H2O4S/c11-10-2-1-8(13(14)15)5-9(10)7-3-4-12-6-7;11-10-4-2-1-3-9(10)8-5-6-12-7-8;;2-1(3)4;1-5(2,3)4/h1-2,5,7,12H,3-4,6H2;1-4,8,12H,5-7H2;1H;(H,2,3,4);(H2,1,2,3,4). The first-order valence-electron chi connectivity index (χ1n) is 10.4. The van der Waals surface area contributed by atoms with Crippen LogP contribution in [-0.4, -0.2) is 58.9 Å². The molecule has 0 bridgehead atoms. The molecule has 13 nitrogen and oxygen atoms in total. The van der Waals surface area contributed by atoms with Crippen molar-refractivity contribution in [1.29, 1.82) is 0 Å². The van der Waals surface area contributed by atoms with Gasteiger partial charge in [0.1, 0.15) is 0 Å². The average molecular weight is 606 g/mol. The second kappa shape index (κ2) is 17.3. The zero-order valence-electron chi connectivity index (χ0n) is 19.2. The fourth-order valence-corrected chi connectivity index (χ4v) is 4.17. The van der Waals surface area contributed by atoms with E-state index in [2.05, 4.69) is 22.8 Å². The van der Waals surface area contributed by atoms with Gasteiger partial charge in [-0.2, -0.15) is 8.42 Å². The fraction of sp³-hybridized carbons (Fsp3) is 0.400. The molecule has 208 valence electrons. The lowest BCUT2D eigenvalue weighted by molar-refractivity contribution is -0.742. The molecule has 0 saturated carbocycles. The highest BCUT2D eigenvalue weighted by molar-refractivity contribution is 7.79. The monoisotopic (exact) mass is 604 g/mol. The third-order valence-corrected chi connectivity index (χ3v) is 5.78. The molecule has 2 aromatic rings. The first-order chi connectivity index (χ1) is 16.8. The maximum Gasteiger partial charge on any atom is 0.394 e. The number of nitro groups is 1. The van der Waals surface area contributed by atoms with Crippen LogP contribution in [0.25, 0.3) is 0 Å². The summed E-state index contributed by atoms with van der Waals surface area (Å²) in [6.45, 7) is 3.99. The number of rotatable bonds is 3. The SMILES string of the molecule is Cl.Clc1ccccc1C1CCNC1.O=S(=O)(O)O.O=[N+]([O-])O.O=[N+]([O-])c1ccc(Cl)c(C2CCNC2)c1. The van der Waals surface area contributed by atoms with Gasteiger partial charge >= 0.3 is 10.4 Å². The Labute approximate surface area is 229 Å². The molecule has 2 fully saturated rings. The summed E-state index contributed by atoms with van der Waals surface area (Å²) in [5.74, 6) is 0.927. The molecule has 4 rings (SSSR count). The number of hydrogen-bond donors (Lipinski definition) is 5. The number of nitrogens with zero attached hydrogens (tertiary/aromatic N) is 2. The van der Waals surface area contributed by atoms with E-state index in [4.69, 9.17) is 56.0 Å². The molecule has 0 aliphatic carbocycles. The molecule has 2 unspecified atom stereocenters. The lowest BCUT2D eigenvalue weighted by Crippen LogP contribution is -2.08. The zero-order chi connectivity index (χ0) is 27.3. The van der Waals surface area contributed by atoms with Gasteiger partial charge in [-0.3, -0.25) is 19.2 Å². The highest BCUT2D eigenvalue weighted by atomic mass is 35.5.